The van der Waals surface area contributed by atoms with Gasteiger partial charge >= 0.3 is 5.97 Å². The van der Waals surface area contributed by atoms with E-state index >= 15 is 0 Å². The summed E-state index contributed by atoms with van der Waals surface area (Å²) in [6.45, 7) is 5.17. The van der Waals surface area contributed by atoms with Crippen LogP contribution in [0.5, 0.6) is 0 Å². The van der Waals surface area contributed by atoms with Crippen molar-refractivity contribution in [2.45, 2.75) is 32.7 Å². The molecule has 0 saturated heterocycles. The molecule has 1 aliphatic carbocycles. The van der Waals surface area contributed by atoms with Gasteiger partial charge in [-0.05, 0) is 30.9 Å². The first kappa shape index (κ1) is 13.1. The first-order chi connectivity index (χ1) is 8.49. The molecule has 18 heavy (non-hydrogen) atoms. The van der Waals surface area contributed by atoms with Crippen LogP contribution in [0.4, 0.5) is 5.82 Å². The molecule has 0 atom stereocenters. The normalized spacial score (nSPS) is 14.9. The molecule has 98 valence electrons. The molecule has 1 heterocycles. The van der Waals surface area contributed by atoms with Gasteiger partial charge in [0.15, 0.2) is 5.69 Å². The largest absolute Gasteiger partial charge is 0.476 e. The Morgan fingerprint density at radius 2 is 2.22 bits per heavy atom. The molecule has 1 aromatic rings. The Bertz CT molecular complexity index is 458. The van der Waals surface area contributed by atoms with E-state index < -0.39 is 5.97 Å². The molecule has 2 rings (SSSR count). The van der Waals surface area contributed by atoms with Crippen LogP contribution < -0.4 is 4.90 Å². The molecule has 4 nitrogen and oxygen atoms in total. The van der Waals surface area contributed by atoms with Gasteiger partial charge in [-0.25, -0.2) is 9.78 Å². The summed E-state index contributed by atoms with van der Waals surface area (Å²) in [7, 11) is 0. The van der Waals surface area contributed by atoms with Crippen LogP contribution >= 0.6 is 11.6 Å². The van der Waals surface area contributed by atoms with E-state index in [4.69, 9.17) is 16.7 Å². The number of carbonyl (C=O) groups is 1. The van der Waals surface area contributed by atoms with Gasteiger partial charge < -0.3 is 10.0 Å². The highest BCUT2D eigenvalue weighted by atomic mass is 35.5. The van der Waals surface area contributed by atoms with Gasteiger partial charge in [0.1, 0.15) is 5.82 Å². The summed E-state index contributed by atoms with van der Waals surface area (Å²) in [5.74, 6) is 0.145. The third kappa shape index (κ3) is 2.93. The second-order valence-electron chi connectivity index (χ2n) is 5.08. The molecule has 0 bridgehead atoms. The van der Waals surface area contributed by atoms with Crippen molar-refractivity contribution in [1.29, 1.82) is 0 Å². The Morgan fingerprint density at radius 1 is 1.56 bits per heavy atom. The zero-order valence-electron chi connectivity index (χ0n) is 10.6. The van der Waals surface area contributed by atoms with Crippen LogP contribution in [-0.2, 0) is 0 Å². The zero-order chi connectivity index (χ0) is 13.3. The number of carboxylic acid groups (broad SMARTS) is 1. The van der Waals surface area contributed by atoms with Crippen molar-refractivity contribution in [3.8, 4) is 0 Å². The minimum Gasteiger partial charge on any atom is -0.476 e. The molecule has 1 saturated carbocycles. The Morgan fingerprint density at radius 3 is 2.72 bits per heavy atom. The Hall–Kier alpha value is -1.29. The lowest BCUT2D eigenvalue weighted by Gasteiger charge is -2.25. The van der Waals surface area contributed by atoms with Gasteiger partial charge in [-0.2, -0.15) is 0 Å². The molecule has 1 aliphatic rings. The Kier molecular flexibility index (Phi) is 3.76. The first-order valence-corrected chi connectivity index (χ1v) is 6.53. The second kappa shape index (κ2) is 5.14. The van der Waals surface area contributed by atoms with E-state index in [1.807, 2.05) is 0 Å². The third-order valence-corrected chi connectivity index (χ3v) is 3.18. The van der Waals surface area contributed by atoms with Crippen molar-refractivity contribution < 1.29 is 9.90 Å². The highest BCUT2D eigenvalue weighted by Crippen LogP contribution is 2.32. The van der Waals surface area contributed by atoms with Gasteiger partial charge in [0.2, 0.25) is 0 Å². The molecule has 0 aromatic carbocycles. The van der Waals surface area contributed by atoms with Gasteiger partial charge in [-0.3, -0.25) is 0 Å². The van der Waals surface area contributed by atoms with Gasteiger partial charge in [0, 0.05) is 12.6 Å². The SMILES string of the molecule is CC(C)CN(c1ccc(Cl)c(C(=O)O)n1)C1CC1. The second-order valence-corrected chi connectivity index (χ2v) is 5.49. The number of nitrogens with zero attached hydrogens (tertiary/aromatic N) is 2. The van der Waals surface area contributed by atoms with Crippen LogP contribution in [0.25, 0.3) is 0 Å². The summed E-state index contributed by atoms with van der Waals surface area (Å²) in [5.41, 5.74) is -0.0661. The quantitative estimate of drug-likeness (QED) is 0.892. The summed E-state index contributed by atoms with van der Waals surface area (Å²) in [6.07, 6.45) is 2.30. The van der Waals surface area contributed by atoms with Crippen LogP contribution in [0, 0.1) is 5.92 Å². The summed E-state index contributed by atoms with van der Waals surface area (Å²) < 4.78 is 0. The average molecular weight is 269 g/mol. The maximum Gasteiger partial charge on any atom is 0.356 e. The number of aromatic nitrogens is 1. The van der Waals surface area contributed by atoms with Crippen molar-refractivity contribution in [2.75, 3.05) is 11.4 Å². The fourth-order valence-electron chi connectivity index (χ4n) is 1.95. The van der Waals surface area contributed by atoms with Crippen LogP contribution in [0.3, 0.4) is 0 Å². The van der Waals surface area contributed by atoms with E-state index in [-0.39, 0.29) is 10.7 Å². The smallest absolute Gasteiger partial charge is 0.356 e. The maximum atomic E-state index is 11.0. The van der Waals surface area contributed by atoms with Crippen LogP contribution in [-0.4, -0.2) is 28.6 Å². The van der Waals surface area contributed by atoms with E-state index in [0.717, 1.165) is 19.4 Å². The standard InChI is InChI=1S/C13H17ClN2O2/c1-8(2)7-16(9-3-4-9)11-6-5-10(14)12(15-11)13(17)18/h5-6,8-9H,3-4,7H2,1-2H3,(H,17,18). The third-order valence-electron chi connectivity index (χ3n) is 2.88. The van der Waals surface area contributed by atoms with Crippen molar-refractivity contribution >= 4 is 23.4 Å². The topological polar surface area (TPSA) is 53.4 Å². The van der Waals surface area contributed by atoms with Gasteiger partial charge in [-0.15, -0.1) is 0 Å². The summed E-state index contributed by atoms with van der Waals surface area (Å²) >= 11 is 5.83. The van der Waals surface area contributed by atoms with Gasteiger partial charge in [-0.1, -0.05) is 25.4 Å². The van der Waals surface area contributed by atoms with Crippen molar-refractivity contribution in [3.63, 3.8) is 0 Å². The van der Waals surface area contributed by atoms with E-state index in [1.165, 1.54) is 0 Å². The molecule has 0 amide bonds. The summed E-state index contributed by atoms with van der Waals surface area (Å²) in [4.78, 5) is 17.4. The van der Waals surface area contributed by atoms with Crippen molar-refractivity contribution in [1.82, 2.24) is 4.98 Å². The minimum absolute atomic E-state index is 0.0661. The average Bonchev–Trinajstić information content (AvgIpc) is 3.10. The van der Waals surface area contributed by atoms with Gasteiger partial charge in [0.05, 0.1) is 5.02 Å². The van der Waals surface area contributed by atoms with Gasteiger partial charge in [0.25, 0.3) is 0 Å². The highest BCUT2D eigenvalue weighted by Gasteiger charge is 2.30. The van der Waals surface area contributed by atoms with Crippen LogP contribution in [0.15, 0.2) is 12.1 Å². The molecule has 0 spiro atoms. The highest BCUT2D eigenvalue weighted by molar-refractivity contribution is 6.33. The maximum absolute atomic E-state index is 11.0. The fraction of sp³-hybridized carbons (Fsp3) is 0.538. The van der Waals surface area contributed by atoms with Crippen LogP contribution in [0.2, 0.25) is 5.02 Å². The molecular weight excluding hydrogens is 252 g/mol. The Balaban J connectivity index is 2.29. The van der Waals surface area contributed by atoms with Crippen molar-refractivity contribution in [2.24, 2.45) is 5.92 Å². The molecule has 1 aromatic heterocycles. The number of anilines is 1. The number of aromatic carboxylic acids is 1. The predicted molar refractivity (Wildman–Crippen MR) is 71.4 cm³/mol. The minimum atomic E-state index is -1.08. The fourth-order valence-corrected chi connectivity index (χ4v) is 2.14. The molecule has 1 N–H and O–H groups in total. The number of rotatable bonds is 5. The molecule has 5 heteroatoms. The zero-order valence-corrected chi connectivity index (χ0v) is 11.3. The lowest BCUT2D eigenvalue weighted by Crippen LogP contribution is -2.31. The summed E-state index contributed by atoms with van der Waals surface area (Å²) in [5, 5.41) is 9.23. The lowest BCUT2D eigenvalue weighted by atomic mass is 10.2. The van der Waals surface area contributed by atoms with Crippen LogP contribution in [0.1, 0.15) is 37.2 Å². The lowest BCUT2D eigenvalue weighted by molar-refractivity contribution is 0.0691. The van der Waals surface area contributed by atoms with E-state index in [2.05, 4.69) is 23.7 Å². The molecule has 1 fully saturated rings. The molecule has 0 unspecified atom stereocenters. The van der Waals surface area contributed by atoms with E-state index in [0.29, 0.717) is 17.8 Å². The number of pyridine rings is 1. The van der Waals surface area contributed by atoms with E-state index in [9.17, 15) is 4.79 Å². The molecular formula is C13H17ClN2O2. The predicted octanol–water partition coefficient (Wildman–Crippen LogP) is 3.06. The molecule has 0 aliphatic heterocycles. The monoisotopic (exact) mass is 268 g/mol. The molecule has 0 radical (unpaired) electrons. The van der Waals surface area contributed by atoms with Crippen molar-refractivity contribution in [3.05, 3.63) is 22.8 Å². The summed E-state index contributed by atoms with van der Waals surface area (Å²) in [6, 6.07) is 3.92. The van der Waals surface area contributed by atoms with E-state index in [1.54, 1.807) is 12.1 Å². The first-order valence-electron chi connectivity index (χ1n) is 6.15. The number of hydrogen-bond acceptors (Lipinski definition) is 3. The number of hydrogen-bond donors (Lipinski definition) is 1. The number of halogens is 1. The Labute approximate surface area is 112 Å². The number of carboxylic acids is 1.